The van der Waals surface area contributed by atoms with E-state index in [1.165, 1.54) is 5.56 Å². The minimum atomic E-state index is -0.529. The lowest BCUT2D eigenvalue weighted by molar-refractivity contribution is -0.242. The predicted octanol–water partition coefficient (Wildman–Crippen LogP) is 3.98. The highest BCUT2D eigenvalue weighted by Crippen LogP contribution is 2.58. The normalized spacial score (nSPS) is 44.3. The Hall–Kier alpha value is -0.620. The van der Waals surface area contributed by atoms with Crippen molar-refractivity contribution in [2.45, 2.75) is 75.7 Å². The molecule has 0 aromatic heterocycles. The number of benzene rings is 1. The van der Waals surface area contributed by atoms with Gasteiger partial charge in [-0.3, -0.25) is 0 Å². The predicted molar refractivity (Wildman–Crippen MR) is 92.2 cm³/mol. The second-order valence-electron chi connectivity index (χ2n) is 8.09. The van der Waals surface area contributed by atoms with Gasteiger partial charge in [0.25, 0.3) is 0 Å². The van der Waals surface area contributed by atoms with Gasteiger partial charge in [-0.25, -0.2) is 0 Å². The van der Waals surface area contributed by atoms with Crippen molar-refractivity contribution in [2.24, 2.45) is 0 Å². The first kappa shape index (κ1) is 15.9. The van der Waals surface area contributed by atoms with Crippen LogP contribution >= 0.6 is 15.9 Å². The van der Waals surface area contributed by atoms with Crippen LogP contribution in [-0.2, 0) is 14.2 Å². The number of hydrogen-bond donors (Lipinski definition) is 1. The SMILES string of the molecule is CC1(C)OC2C(O1)C1(C)CC(c3ccc(N)c(Br)c3)CC2(C)O1. The van der Waals surface area contributed by atoms with Crippen LogP contribution in [0.15, 0.2) is 22.7 Å². The molecule has 3 aliphatic rings. The smallest absolute Gasteiger partial charge is 0.164 e. The van der Waals surface area contributed by atoms with E-state index >= 15 is 0 Å². The number of fused-ring (bicyclic) bond motifs is 5. The second kappa shape index (κ2) is 4.72. The van der Waals surface area contributed by atoms with E-state index in [1.54, 1.807) is 0 Å². The zero-order chi connectivity index (χ0) is 16.6. The van der Waals surface area contributed by atoms with Crippen molar-refractivity contribution >= 4 is 21.6 Å². The second-order valence-corrected chi connectivity index (χ2v) is 8.94. The van der Waals surface area contributed by atoms with Crippen LogP contribution in [0, 0.1) is 0 Å². The van der Waals surface area contributed by atoms with E-state index in [4.69, 9.17) is 19.9 Å². The molecule has 0 radical (unpaired) electrons. The summed E-state index contributed by atoms with van der Waals surface area (Å²) in [4.78, 5) is 0. The van der Waals surface area contributed by atoms with Gasteiger partial charge in [-0.1, -0.05) is 6.07 Å². The summed E-state index contributed by atoms with van der Waals surface area (Å²) < 4.78 is 19.8. The van der Waals surface area contributed by atoms with Crippen LogP contribution in [0.5, 0.6) is 0 Å². The molecule has 3 saturated heterocycles. The molecular weight excluding hydrogens is 358 g/mol. The third kappa shape index (κ3) is 2.36. The maximum absolute atomic E-state index is 6.45. The van der Waals surface area contributed by atoms with E-state index in [0.29, 0.717) is 5.92 Å². The van der Waals surface area contributed by atoms with E-state index in [-0.39, 0.29) is 23.4 Å². The number of rotatable bonds is 1. The topological polar surface area (TPSA) is 53.7 Å². The first-order chi connectivity index (χ1) is 10.6. The molecule has 5 heteroatoms. The molecule has 3 aliphatic heterocycles. The van der Waals surface area contributed by atoms with Gasteiger partial charge < -0.3 is 19.9 Å². The van der Waals surface area contributed by atoms with Gasteiger partial charge in [-0.2, -0.15) is 0 Å². The van der Waals surface area contributed by atoms with Gasteiger partial charge in [-0.15, -0.1) is 0 Å². The largest absolute Gasteiger partial charge is 0.398 e. The van der Waals surface area contributed by atoms with Crippen LogP contribution in [0.3, 0.4) is 0 Å². The molecule has 0 amide bonds. The fourth-order valence-corrected chi connectivity index (χ4v) is 5.10. The monoisotopic (exact) mass is 381 g/mol. The van der Waals surface area contributed by atoms with Crippen LogP contribution in [-0.4, -0.2) is 29.2 Å². The summed E-state index contributed by atoms with van der Waals surface area (Å²) in [6.07, 6.45) is 1.84. The molecule has 4 atom stereocenters. The summed E-state index contributed by atoms with van der Waals surface area (Å²) in [7, 11) is 0. The van der Waals surface area contributed by atoms with E-state index in [1.807, 2.05) is 19.9 Å². The minimum absolute atomic E-state index is 0.00952. The standard InChI is InChI=1S/C18H24BrNO3/c1-16(2)21-14-15(22-16)18(4)9-11(8-17(14,3)23-18)10-5-6-13(20)12(19)7-10/h5-7,11,14-15H,8-9,20H2,1-4H3. The summed E-state index contributed by atoms with van der Waals surface area (Å²) >= 11 is 3.54. The van der Waals surface area contributed by atoms with Crippen LogP contribution in [0.25, 0.3) is 0 Å². The zero-order valence-corrected chi connectivity index (χ0v) is 15.6. The van der Waals surface area contributed by atoms with Gasteiger partial charge in [0.2, 0.25) is 0 Å². The lowest BCUT2D eigenvalue weighted by Gasteiger charge is -2.43. The van der Waals surface area contributed by atoms with E-state index in [0.717, 1.165) is 23.0 Å². The number of hydrogen-bond acceptors (Lipinski definition) is 4. The number of ether oxygens (including phenoxy) is 3. The molecule has 2 bridgehead atoms. The van der Waals surface area contributed by atoms with Gasteiger partial charge in [-0.05, 0) is 80.1 Å². The lowest BCUT2D eigenvalue weighted by Crippen LogP contribution is -2.46. The first-order valence-corrected chi connectivity index (χ1v) is 9.02. The van der Waals surface area contributed by atoms with Crippen LogP contribution < -0.4 is 5.73 Å². The minimum Gasteiger partial charge on any atom is -0.398 e. The van der Waals surface area contributed by atoms with Gasteiger partial charge in [0.15, 0.2) is 5.79 Å². The molecule has 2 N–H and O–H groups in total. The van der Waals surface area contributed by atoms with Crippen molar-refractivity contribution in [1.29, 1.82) is 0 Å². The molecule has 0 aliphatic carbocycles. The summed E-state index contributed by atoms with van der Waals surface area (Å²) in [5, 5.41) is 0. The van der Waals surface area contributed by atoms with E-state index in [9.17, 15) is 0 Å². The molecule has 4 nitrogen and oxygen atoms in total. The van der Waals surface area contributed by atoms with Gasteiger partial charge in [0.05, 0.1) is 11.2 Å². The first-order valence-electron chi connectivity index (χ1n) is 8.23. The highest BCUT2D eigenvalue weighted by Gasteiger charge is 2.68. The molecular formula is C18H24BrNO3. The van der Waals surface area contributed by atoms with Crippen molar-refractivity contribution in [3.05, 3.63) is 28.2 Å². The molecule has 126 valence electrons. The quantitative estimate of drug-likeness (QED) is 0.747. The average Bonchev–Trinajstić information content (AvgIpc) is 2.84. The van der Waals surface area contributed by atoms with Crippen molar-refractivity contribution in [2.75, 3.05) is 5.73 Å². The third-order valence-electron chi connectivity index (χ3n) is 5.57. The zero-order valence-electron chi connectivity index (χ0n) is 14.1. The Morgan fingerprint density at radius 2 is 1.61 bits per heavy atom. The Morgan fingerprint density at radius 1 is 1.04 bits per heavy atom. The fraction of sp³-hybridized carbons (Fsp3) is 0.667. The maximum Gasteiger partial charge on any atom is 0.164 e. The Labute approximate surface area is 145 Å². The van der Waals surface area contributed by atoms with E-state index < -0.39 is 5.79 Å². The van der Waals surface area contributed by atoms with Crippen LogP contribution in [0.4, 0.5) is 5.69 Å². The van der Waals surface area contributed by atoms with Crippen molar-refractivity contribution < 1.29 is 14.2 Å². The van der Waals surface area contributed by atoms with Crippen molar-refractivity contribution in [1.82, 2.24) is 0 Å². The van der Waals surface area contributed by atoms with Crippen LogP contribution in [0.1, 0.15) is 52.0 Å². The third-order valence-corrected chi connectivity index (χ3v) is 6.25. The molecule has 4 unspecified atom stereocenters. The maximum atomic E-state index is 6.45. The highest BCUT2D eigenvalue weighted by molar-refractivity contribution is 9.10. The molecule has 3 fully saturated rings. The average molecular weight is 382 g/mol. The van der Waals surface area contributed by atoms with Crippen molar-refractivity contribution in [3.8, 4) is 0 Å². The number of anilines is 1. The Bertz CT molecular complexity index is 636. The Morgan fingerprint density at radius 3 is 2.13 bits per heavy atom. The Kier molecular flexibility index (Phi) is 3.26. The number of halogens is 1. The van der Waals surface area contributed by atoms with Crippen molar-refractivity contribution in [3.63, 3.8) is 0 Å². The molecule has 0 spiro atoms. The number of nitrogen functional groups attached to an aromatic ring is 1. The highest BCUT2D eigenvalue weighted by atomic mass is 79.9. The van der Waals surface area contributed by atoms with Gasteiger partial charge >= 0.3 is 0 Å². The van der Waals surface area contributed by atoms with E-state index in [2.05, 4.69) is 41.9 Å². The molecule has 1 aromatic carbocycles. The molecule has 4 rings (SSSR count). The lowest BCUT2D eigenvalue weighted by atomic mass is 9.80. The molecule has 3 heterocycles. The summed E-state index contributed by atoms with van der Waals surface area (Å²) in [5.41, 5.74) is 7.37. The summed E-state index contributed by atoms with van der Waals surface area (Å²) in [5.74, 6) is -0.116. The Balaban J connectivity index is 1.68. The summed E-state index contributed by atoms with van der Waals surface area (Å²) in [6, 6.07) is 6.24. The van der Waals surface area contributed by atoms with Gasteiger partial charge in [0, 0.05) is 10.2 Å². The fourth-order valence-electron chi connectivity index (χ4n) is 4.70. The van der Waals surface area contributed by atoms with Gasteiger partial charge in [0.1, 0.15) is 12.2 Å². The summed E-state index contributed by atoms with van der Waals surface area (Å²) in [6.45, 7) is 8.31. The molecule has 23 heavy (non-hydrogen) atoms. The molecule has 1 aromatic rings. The molecule has 0 saturated carbocycles. The van der Waals surface area contributed by atoms with Crippen LogP contribution in [0.2, 0.25) is 0 Å². The number of nitrogens with two attached hydrogens (primary N) is 1.